The second-order valence-corrected chi connectivity index (χ2v) is 21.1. The van der Waals surface area contributed by atoms with Crippen molar-refractivity contribution in [1.29, 1.82) is 0 Å². The molecule has 8 rings (SSSR count). The van der Waals surface area contributed by atoms with Gasteiger partial charge in [0.05, 0.1) is 0 Å². The second-order valence-electron chi connectivity index (χ2n) is 20.8. The molecule has 3 N–H and O–H groups in total. The number of hydrogen-bond acceptors (Lipinski definition) is 7. The van der Waals surface area contributed by atoms with Gasteiger partial charge in [-0.2, -0.15) is 0 Å². The van der Waals surface area contributed by atoms with Crippen LogP contribution in [0.15, 0.2) is 184 Å². The molecule has 0 bridgehead atoms. The number of nitrogens with one attached hydrogen (secondary N) is 1. The van der Waals surface area contributed by atoms with Crippen LogP contribution in [-0.4, -0.2) is 75.1 Å². The summed E-state index contributed by atoms with van der Waals surface area (Å²) in [4.78, 5) is 36.3. The molecular formula is C75H103ClN4O5. The number of hydrogen-bond donors (Lipinski definition) is 2. The molecule has 2 heterocycles. The van der Waals surface area contributed by atoms with Crippen molar-refractivity contribution in [2.45, 2.75) is 144 Å². The number of ether oxygens (including phenoxy) is 2. The van der Waals surface area contributed by atoms with Gasteiger partial charge < -0.3 is 30.3 Å². The van der Waals surface area contributed by atoms with E-state index in [1.807, 2.05) is 60.7 Å². The summed E-state index contributed by atoms with van der Waals surface area (Å²) >= 11 is 4.71. The van der Waals surface area contributed by atoms with Crippen molar-refractivity contribution < 1.29 is 23.9 Å². The first kappa shape index (κ1) is 74.2. The van der Waals surface area contributed by atoms with Crippen LogP contribution < -0.4 is 16.0 Å². The topological polar surface area (TPSA) is 114 Å². The van der Waals surface area contributed by atoms with Crippen LogP contribution in [0.2, 0.25) is 0 Å². The van der Waals surface area contributed by atoms with Crippen molar-refractivity contribution in [3.8, 4) is 33.4 Å². The molecule has 85 heavy (non-hydrogen) atoms. The molecule has 0 spiro atoms. The van der Waals surface area contributed by atoms with Crippen LogP contribution in [0.3, 0.4) is 0 Å². The SMILES string of the molecule is C1CCOC1.C1CCOC1.C=CC(=O)Cl.C=CC(=O)N(C)c1ccc(-c2ccc(CCCCC)cc2)cc1.C=CC(=O)Nc1ccc(-c2ccc(CCCCC)cc2)cc1.CCCCCc1ccc(-c2ccc(N)cc2)cc1.CCN(CC)CC. The van der Waals surface area contributed by atoms with Gasteiger partial charge in [-0.1, -0.05) is 209 Å². The monoisotopic (exact) mass is 1170 g/mol. The van der Waals surface area contributed by atoms with E-state index in [1.54, 1.807) is 11.9 Å². The number of amides is 2. The first-order chi connectivity index (χ1) is 41.3. The zero-order valence-corrected chi connectivity index (χ0v) is 53.6. The number of allylic oxidation sites excluding steroid dienone is 1. The Bertz CT molecular complexity index is 2660. The van der Waals surface area contributed by atoms with E-state index in [9.17, 15) is 14.4 Å². The van der Waals surface area contributed by atoms with Gasteiger partial charge in [0, 0.05) is 50.5 Å². The molecular weight excluding hydrogens is 1070 g/mol. The summed E-state index contributed by atoms with van der Waals surface area (Å²) in [5, 5.41) is 2.24. The Labute approximate surface area is 518 Å². The number of carbonyl (C=O) groups excluding carboxylic acids is 3. The number of anilines is 3. The Morgan fingerprint density at radius 3 is 1.02 bits per heavy atom. The highest BCUT2D eigenvalue weighted by Crippen LogP contribution is 2.26. The largest absolute Gasteiger partial charge is 0.399 e. The van der Waals surface area contributed by atoms with Gasteiger partial charge in [-0.3, -0.25) is 14.4 Å². The molecule has 0 atom stereocenters. The minimum Gasteiger partial charge on any atom is -0.399 e. The molecule has 2 saturated heterocycles. The van der Waals surface area contributed by atoms with Crippen molar-refractivity contribution in [3.63, 3.8) is 0 Å². The van der Waals surface area contributed by atoms with E-state index in [4.69, 9.17) is 26.8 Å². The third-order valence-electron chi connectivity index (χ3n) is 14.2. The first-order valence-electron chi connectivity index (χ1n) is 31.2. The van der Waals surface area contributed by atoms with Gasteiger partial charge in [-0.25, -0.2) is 0 Å². The fraction of sp³-hybridized carbons (Fsp3) is 0.400. The average Bonchev–Trinajstić information content (AvgIpc) is 4.48. The van der Waals surface area contributed by atoms with Crippen LogP contribution >= 0.6 is 11.6 Å². The van der Waals surface area contributed by atoms with E-state index in [0.717, 1.165) is 73.5 Å². The Balaban J connectivity index is 0.000000369. The lowest BCUT2D eigenvalue weighted by Crippen LogP contribution is -2.23. The maximum Gasteiger partial charge on any atom is 0.250 e. The van der Waals surface area contributed by atoms with Crippen LogP contribution in [0.25, 0.3) is 33.4 Å². The molecule has 9 nitrogen and oxygen atoms in total. The fourth-order valence-electron chi connectivity index (χ4n) is 8.78. The smallest absolute Gasteiger partial charge is 0.250 e. The molecule has 2 fully saturated rings. The van der Waals surface area contributed by atoms with E-state index < -0.39 is 5.24 Å². The number of rotatable bonds is 23. The lowest BCUT2D eigenvalue weighted by molar-refractivity contribution is -0.114. The fourth-order valence-corrected chi connectivity index (χ4v) is 8.78. The van der Waals surface area contributed by atoms with E-state index >= 15 is 0 Å². The molecule has 2 amide bonds. The number of nitrogen functional groups attached to an aromatic ring is 1. The minimum atomic E-state index is -0.509. The predicted molar refractivity (Wildman–Crippen MR) is 367 cm³/mol. The summed E-state index contributed by atoms with van der Waals surface area (Å²) in [5.41, 5.74) is 19.6. The summed E-state index contributed by atoms with van der Waals surface area (Å²) in [5.74, 6) is -0.293. The quantitative estimate of drug-likeness (QED) is 0.0284. The minimum absolute atomic E-state index is 0.103. The average molecular weight is 1180 g/mol. The Morgan fingerprint density at radius 1 is 0.471 bits per heavy atom. The van der Waals surface area contributed by atoms with E-state index in [0.29, 0.717) is 0 Å². The third kappa shape index (κ3) is 33.4. The number of nitrogens with zero attached hydrogens (tertiary/aromatic N) is 2. The first-order valence-corrected chi connectivity index (χ1v) is 31.5. The number of aryl methyl sites for hydroxylation is 3. The zero-order valence-electron chi connectivity index (χ0n) is 52.9. The summed E-state index contributed by atoms with van der Waals surface area (Å²) < 4.78 is 9.89. The van der Waals surface area contributed by atoms with E-state index in [-0.39, 0.29) is 11.8 Å². The lowest BCUT2D eigenvalue weighted by Gasteiger charge is -2.15. The molecule has 0 aromatic heterocycles. The van der Waals surface area contributed by atoms with Crippen molar-refractivity contribution in [2.75, 3.05) is 69.1 Å². The van der Waals surface area contributed by atoms with Crippen LogP contribution in [0.5, 0.6) is 0 Å². The van der Waals surface area contributed by atoms with E-state index in [1.165, 1.54) is 161 Å². The molecule has 2 aliphatic rings. The molecule has 0 saturated carbocycles. The van der Waals surface area contributed by atoms with Crippen molar-refractivity contribution in [3.05, 3.63) is 200 Å². The number of nitrogens with two attached hydrogens (primary N) is 1. The summed E-state index contributed by atoms with van der Waals surface area (Å²) in [6, 6.07) is 50.3. The summed E-state index contributed by atoms with van der Waals surface area (Å²) in [6.07, 6.45) is 23.7. The highest BCUT2D eigenvalue weighted by molar-refractivity contribution is 6.66. The maximum absolute atomic E-state index is 11.6. The predicted octanol–water partition coefficient (Wildman–Crippen LogP) is 19.0. The van der Waals surface area contributed by atoms with Gasteiger partial charge in [0.2, 0.25) is 17.1 Å². The summed E-state index contributed by atoms with van der Waals surface area (Å²) in [6.45, 7) is 30.9. The summed E-state index contributed by atoms with van der Waals surface area (Å²) in [7, 11) is 1.75. The molecule has 0 aliphatic carbocycles. The standard InChI is InChI=1S/C21H25NO.C20H23NO.C17H21N.C6H15N.2C4H8O.C3H3ClO/c1-4-6-7-8-17-9-11-18(12-10-17)19-13-15-20(16-14-19)22(3)21(23)5-2;1-3-5-6-7-16-8-10-17(11-9-16)18-12-14-19(15-13-18)21-20(22)4-2;1-2-3-4-5-14-6-8-15(9-7-14)16-10-12-17(18)13-11-16;1-4-7(5-2)6-3;2*1-2-4-5-3-1;1-2-3(4)5/h5,9-16H,2,4,6-8H2,1,3H3;4,8-15H,2-3,5-7H2,1H3,(H,21,22);6-13H,2-5,18H2,1H3;4-6H2,1-3H3;2*1-4H2;2H,1H2. The maximum atomic E-state index is 11.6. The van der Waals surface area contributed by atoms with Gasteiger partial charge >= 0.3 is 0 Å². The van der Waals surface area contributed by atoms with Crippen LogP contribution in [0.4, 0.5) is 17.1 Å². The Kier molecular flexibility index (Phi) is 41.4. The highest BCUT2D eigenvalue weighted by atomic mass is 35.5. The lowest BCUT2D eigenvalue weighted by atomic mass is 10.0. The van der Waals surface area contributed by atoms with Crippen LogP contribution in [0.1, 0.15) is 142 Å². The molecule has 0 radical (unpaired) electrons. The van der Waals surface area contributed by atoms with Crippen molar-refractivity contribution in [1.82, 2.24) is 4.90 Å². The van der Waals surface area contributed by atoms with Gasteiger partial charge in [0.15, 0.2) is 0 Å². The van der Waals surface area contributed by atoms with Gasteiger partial charge in [0.1, 0.15) is 0 Å². The Morgan fingerprint density at radius 2 is 0.776 bits per heavy atom. The van der Waals surface area contributed by atoms with Crippen molar-refractivity contribution in [2.24, 2.45) is 0 Å². The molecule has 2 aliphatic heterocycles. The normalized spacial score (nSPS) is 11.7. The van der Waals surface area contributed by atoms with Gasteiger partial charge in [-0.15, -0.1) is 0 Å². The molecule has 460 valence electrons. The number of carbonyl (C=O) groups is 3. The molecule has 6 aromatic carbocycles. The van der Waals surface area contributed by atoms with Gasteiger partial charge in [0.25, 0.3) is 0 Å². The number of benzene rings is 6. The highest BCUT2D eigenvalue weighted by Gasteiger charge is 2.08. The van der Waals surface area contributed by atoms with Crippen molar-refractivity contribution >= 4 is 45.7 Å². The molecule has 6 aromatic rings. The Hall–Kier alpha value is -6.88. The van der Waals surface area contributed by atoms with E-state index in [2.05, 4.69) is 156 Å². The molecule has 10 heteroatoms. The van der Waals surface area contributed by atoms with Crippen LogP contribution in [-0.2, 0) is 43.1 Å². The second kappa shape index (κ2) is 47.4. The number of halogens is 1. The molecule has 0 unspecified atom stereocenters. The van der Waals surface area contributed by atoms with Crippen LogP contribution in [0, 0.1) is 0 Å². The number of unbranched alkanes of at least 4 members (excludes halogenated alkanes) is 6. The number of likely N-dealkylation sites (N-methyl/N-ethyl adjacent to an activating group) is 1. The zero-order chi connectivity index (χ0) is 62.3. The van der Waals surface area contributed by atoms with Gasteiger partial charge in [-0.05, 0) is 200 Å². The third-order valence-corrected chi connectivity index (χ3v) is 14.4.